The molecule has 20 heavy (non-hydrogen) atoms. The van der Waals surface area contributed by atoms with Crippen molar-refractivity contribution in [2.75, 3.05) is 11.4 Å². The third kappa shape index (κ3) is 2.02. The Morgan fingerprint density at radius 1 is 1.40 bits per heavy atom. The van der Waals surface area contributed by atoms with E-state index in [-0.39, 0.29) is 11.7 Å². The molecule has 0 N–H and O–H groups in total. The molecule has 0 saturated carbocycles. The lowest BCUT2D eigenvalue weighted by Gasteiger charge is -2.28. The molecule has 1 aliphatic heterocycles. The molecule has 1 aromatic heterocycles. The Labute approximate surface area is 120 Å². The van der Waals surface area contributed by atoms with Crippen molar-refractivity contribution in [2.24, 2.45) is 0 Å². The molecule has 0 atom stereocenters. The van der Waals surface area contributed by atoms with E-state index in [1.807, 2.05) is 25.1 Å². The van der Waals surface area contributed by atoms with E-state index < -0.39 is 0 Å². The van der Waals surface area contributed by atoms with Crippen molar-refractivity contribution in [3.05, 3.63) is 40.4 Å². The van der Waals surface area contributed by atoms with Gasteiger partial charge >= 0.3 is 0 Å². The number of rotatable bonds is 2. The quantitative estimate of drug-likeness (QED) is 0.850. The molecule has 1 amide bonds. The maximum absolute atomic E-state index is 12.7. The molecular weight excluding hydrogens is 274 g/mol. The largest absolute Gasteiger partial charge is 0.306 e. The maximum atomic E-state index is 12.7. The van der Waals surface area contributed by atoms with Gasteiger partial charge in [0, 0.05) is 18.5 Å². The van der Waals surface area contributed by atoms with Crippen LogP contribution in [0.1, 0.15) is 39.1 Å². The fourth-order valence-corrected chi connectivity index (χ4v) is 3.05. The summed E-state index contributed by atoms with van der Waals surface area (Å²) in [5.74, 6) is -0.0282. The second kappa shape index (κ2) is 5.13. The van der Waals surface area contributed by atoms with Crippen LogP contribution in [0.25, 0.3) is 0 Å². The molecule has 0 fully saturated rings. The molecule has 0 bridgehead atoms. The van der Waals surface area contributed by atoms with E-state index in [0.717, 1.165) is 17.2 Å². The first-order chi connectivity index (χ1) is 9.72. The Hall–Kier alpha value is -2.08. The van der Waals surface area contributed by atoms with Crippen LogP contribution in [0.5, 0.6) is 0 Å². The Kier molecular flexibility index (Phi) is 3.31. The molecule has 2 aromatic rings. The third-order valence-corrected chi connectivity index (χ3v) is 4.14. The molecule has 3 rings (SSSR count). The van der Waals surface area contributed by atoms with Crippen LogP contribution in [0.2, 0.25) is 0 Å². The number of hydrogen-bond donors (Lipinski definition) is 0. The number of carbonyl (C=O) groups is 2. The summed E-state index contributed by atoms with van der Waals surface area (Å²) >= 11 is 1.11. The van der Waals surface area contributed by atoms with Crippen LogP contribution in [0.3, 0.4) is 0 Å². The summed E-state index contributed by atoms with van der Waals surface area (Å²) < 4.78 is 3.86. The SMILES string of the molecule is CCc1nnsc1C(=O)N1CCC(=O)c2ccccc21. The summed E-state index contributed by atoms with van der Waals surface area (Å²) in [5, 5.41) is 3.98. The number of hydrogen-bond acceptors (Lipinski definition) is 5. The van der Waals surface area contributed by atoms with E-state index >= 15 is 0 Å². The van der Waals surface area contributed by atoms with Crippen LogP contribution < -0.4 is 4.90 Å². The number of para-hydroxylation sites is 1. The van der Waals surface area contributed by atoms with Crippen LogP contribution >= 0.6 is 11.5 Å². The van der Waals surface area contributed by atoms with E-state index in [1.165, 1.54) is 0 Å². The predicted octanol–water partition coefficient (Wildman–Crippen LogP) is 2.33. The summed E-state index contributed by atoms with van der Waals surface area (Å²) in [6.07, 6.45) is 1.03. The number of anilines is 1. The molecule has 1 aromatic carbocycles. The van der Waals surface area contributed by atoms with E-state index in [4.69, 9.17) is 0 Å². The fraction of sp³-hybridized carbons (Fsp3) is 0.286. The molecule has 5 nitrogen and oxygen atoms in total. The van der Waals surface area contributed by atoms with E-state index in [2.05, 4.69) is 9.59 Å². The van der Waals surface area contributed by atoms with Gasteiger partial charge in [-0.05, 0) is 30.1 Å². The molecule has 2 heterocycles. The number of aromatic nitrogens is 2. The summed E-state index contributed by atoms with van der Waals surface area (Å²) in [5.41, 5.74) is 2.02. The van der Waals surface area contributed by atoms with Crippen LogP contribution in [-0.2, 0) is 6.42 Å². The first-order valence-corrected chi connectivity index (χ1v) is 7.25. The van der Waals surface area contributed by atoms with E-state index in [1.54, 1.807) is 11.0 Å². The second-order valence-corrected chi connectivity index (χ2v) is 5.30. The molecule has 0 saturated heterocycles. The Balaban J connectivity index is 2.02. The number of ketones is 1. The van der Waals surface area contributed by atoms with Gasteiger partial charge in [-0.2, -0.15) is 0 Å². The van der Waals surface area contributed by atoms with Gasteiger partial charge in [-0.1, -0.05) is 23.5 Å². The van der Waals surface area contributed by atoms with Gasteiger partial charge in [-0.15, -0.1) is 5.10 Å². The zero-order chi connectivity index (χ0) is 14.1. The molecule has 102 valence electrons. The average Bonchev–Trinajstić information content (AvgIpc) is 2.96. The molecule has 0 spiro atoms. The highest BCUT2D eigenvalue weighted by Crippen LogP contribution is 2.29. The van der Waals surface area contributed by atoms with Gasteiger partial charge in [0.05, 0.1) is 11.4 Å². The second-order valence-electron chi connectivity index (χ2n) is 4.55. The Morgan fingerprint density at radius 2 is 2.20 bits per heavy atom. The topological polar surface area (TPSA) is 63.2 Å². The van der Waals surface area contributed by atoms with Crippen molar-refractivity contribution in [3.8, 4) is 0 Å². The lowest BCUT2D eigenvalue weighted by molar-refractivity contribution is 0.0956. The van der Waals surface area contributed by atoms with Gasteiger partial charge < -0.3 is 4.90 Å². The van der Waals surface area contributed by atoms with E-state index in [0.29, 0.717) is 35.5 Å². The minimum atomic E-state index is -0.114. The van der Waals surface area contributed by atoms with Crippen molar-refractivity contribution in [1.29, 1.82) is 0 Å². The Morgan fingerprint density at radius 3 is 3.00 bits per heavy atom. The van der Waals surface area contributed by atoms with Gasteiger partial charge in [0.25, 0.3) is 5.91 Å². The van der Waals surface area contributed by atoms with Crippen LogP contribution in [0.4, 0.5) is 5.69 Å². The summed E-state index contributed by atoms with van der Waals surface area (Å²) in [4.78, 5) is 26.8. The molecule has 1 aliphatic rings. The zero-order valence-corrected chi connectivity index (χ0v) is 11.8. The fourth-order valence-electron chi connectivity index (χ4n) is 2.35. The van der Waals surface area contributed by atoms with Crippen molar-refractivity contribution >= 4 is 28.9 Å². The van der Waals surface area contributed by atoms with Crippen molar-refractivity contribution in [3.63, 3.8) is 0 Å². The van der Waals surface area contributed by atoms with Crippen molar-refractivity contribution in [2.45, 2.75) is 19.8 Å². The predicted molar refractivity (Wildman–Crippen MR) is 76.4 cm³/mol. The molecule has 6 heteroatoms. The number of fused-ring (bicyclic) bond motifs is 1. The molecule has 0 aliphatic carbocycles. The highest BCUT2D eigenvalue weighted by Gasteiger charge is 2.29. The zero-order valence-electron chi connectivity index (χ0n) is 11.0. The molecule has 0 radical (unpaired) electrons. The lowest BCUT2D eigenvalue weighted by Crippen LogP contribution is -2.37. The van der Waals surface area contributed by atoms with Crippen LogP contribution in [-0.4, -0.2) is 27.8 Å². The number of aryl methyl sites for hydroxylation is 1. The van der Waals surface area contributed by atoms with Crippen LogP contribution in [0.15, 0.2) is 24.3 Å². The van der Waals surface area contributed by atoms with Gasteiger partial charge in [-0.3, -0.25) is 9.59 Å². The smallest absolute Gasteiger partial charge is 0.271 e. The number of Topliss-reactive ketones (excluding diaryl/α,β-unsaturated/α-hetero) is 1. The number of amides is 1. The minimum Gasteiger partial charge on any atom is -0.306 e. The number of nitrogens with zero attached hydrogens (tertiary/aromatic N) is 3. The van der Waals surface area contributed by atoms with Crippen molar-refractivity contribution in [1.82, 2.24) is 9.59 Å². The maximum Gasteiger partial charge on any atom is 0.271 e. The first kappa shape index (κ1) is 12.9. The van der Waals surface area contributed by atoms with Crippen molar-refractivity contribution < 1.29 is 9.59 Å². The normalized spacial score (nSPS) is 14.2. The van der Waals surface area contributed by atoms with Gasteiger partial charge in [-0.25, -0.2) is 0 Å². The van der Waals surface area contributed by atoms with Gasteiger partial charge in [0.2, 0.25) is 0 Å². The molecular formula is C14H13N3O2S. The lowest BCUT2D eigenvalue weighted by atomic mass is 10.00. The minimum absolute atomic E-state index is 0.0859. The first-order valence-electron chi connectivity index (χ1n) is 6.47. The van der Waals surface area contributed by atoms with Crippen LogP contribution in [0, 0.1) is 0 Å². The summed E-state index contributed by atoms with van der Waals surface area (Å²) in [7, 11) is 0. The van der Waals surface area contributed by atoms with Gasteiger partial charge in [0.1, 0.15) is 4.88 Å². The highest BCUT2D eigenvalue weighted by molar-refractivity contribution is 7.08. The number of carbonyl (C=O) groups excluding carboxylic acids is 2. The number of benzene rings is 1. The Bertz CT molecular complexity index is 681. The average molecular weight is 287 g/mol. The summed E-state index contributed by atoms with van der Waals surface area (Å²) in [6.45, 7) is 2.36. The summed E-state index contributed by atoms with van der Waals surface area (Å²) in [6, 6.07) is 7.23. The third-order valence-electron chi connectivity index (χ3n) is 3.39. The standard InChI is InChI=1S/C14H13N3O2S/c1-2-10-13(20-16-15-10)14(19)17-8-7-12(18)9-5-3-4-6-11(9)17/h3-6H,2,7-8H2,1H3. The highest BCUT2D eigenvalue weighted by atomic mass is 32.1. The van der Waals surface area contributed by atoms with E-state index in [9.17, 15) is 9.59 Å². The van der Waals surface area contributed by atoms with Gasteiger partial charge in [0.15, 0.2) is 5.78 Å². The molecule has 0 unspecified atom stereocenters. The monoisotopic (exact) mass is 287 g/mol.